The summed E-state index contributed by atoms with van der Waals surface area (Å²) >= 11 is 6.12. The molecule has 0 amide bonds. The van der Waals surface area contributed by atoms with Crippen molar-refractivity contribution >= 4 is 17.3 Å². The highest BCUT2D eigenvalue weighted by Crippen LogP contribution is 2.39. The second-order valence-corrected chi connectivity index (χ2v) is 6.44. The molecule has 0 atom stereocenters. The molecule has 1 aliphatic rings. The zero-order chi connectivity index (χ0) is 14.6. The summed E-state index contributed by atoms with van der Waals surface area (Å²) in [5.41, 5.74) is 8.93. The molecular formula is C17H27ClN2. The number of nitrogens with zero attached hydrogens (tertiary/aromatic N) is 1. The Morgan fingerprint density at radius 1 is 1.20 bits per heavy atom. The molecule has 0 saturated carbocycles. The number of anilines is 1. The minimum atomic E-state index is 0.566. The number of rotatable bonds is 5. The minimum absolute atomic E-state index is 0.566. The van der Waals surface area contributed by atoms with Crippen molar-refractivity contribution < 1.29 is 0 Å². The third kappa shape index (κ3) is 3.29. The van der Waals surface area contributed by atoms with Crippen LogP contribution in [0.25, 0.3) is 0 Å². The maximum atomic E-state index is 6.12. The number of hydrogen-bond acceptors (Lipinski definition) is 2. The lowest BCUT2D eigenvalue weighted by Gasteiger charge is -2.42. The highest BCUT2D eigenvalue weighted by Gasteiger charge is 2.31. The molecule has 1 heterocycles. The van der Waals surface area contributed by atoms with Gasteiger partial charge in [-0.3, -0.25) is 0 Å². The molecule has 20 heavy (non-hydrogen) atoms. The Bertz CT molecular complexity index is 431. The Hall–Kier alpha value is -0.730. The Labute approximate surface area is 128 Å². The lowest BCUT2D eigenvalue weighted by Crippen LogP contribution is -2.40. The zero-order valence-electron chi connectivity index (χ0n) is 12.8. The molecule has 3 heteroatoms. The molecule has 1 aromatic carbocycles. The van der Waals surface area contributed by atoms with Crippen LogP contribution in [0.2, 0.25) is 5.02 Å². The fraction of sp³-hybridized carbons (Fsp3) is 0.647. The average molecular weight is 295 g/mol. The second-order valence-electron chi connectivity index (χ2n) is 6.01. The van der Waals surface area contributed by atoms with Gasteiger partial charge in [-0.2, -0.15) is 0 Å². The van der Waals surface area contributed by atoms with E-state index in [2.05, 4.69) is 30.9 Å². The van der Waals surface area contributed by atoms with Gasteiger partial charge in [0, 0.05) is 23.8 Å². The van der Waals surface area contributed by atoms with E-state index in [1.54, 1.807) is 0 Å². The maximum absolute atomic E-state index is 6.12. The van der Waals surface area contributed by atoms with Crippen LogP contribution in [0, 0.1) is 5.41 Å². The summed E-state index contributed by atoms with van der Waals surface area (Å²) in [6, 6.07) is 6.24. The molecule has 2 nitrogen and oxygen atoms in total. The number of piperidine rings is 1. The van der Waals surface area contributed by atoms with Crippen molar-refractivity contribution in [3.63, 3.8) is 0 Å². The van der Waals surface area contributed by atoms with Crippen LogP contribution in [0.15, 0.2) is 18.2 Å². The highest BCUT2D eigenvalue weighted by atomic mass is 35.5. The van der Waals surface area contributed by atoms with Gasteiger partial charge in [0.25, 0.3) is 0 Å². The van der Waals surface area contributed by atoms with E-state index in [0.29, 0.717) is 12.0 Å². The van der Waals surface area contributed by atoms with Crippen LogP contribution in [0.3, 0.4) is 0 Å². The first-order chi connectivity index (χ1) is 9.64. The number of nitrogens with two attached hydrogens (primary N) is 1. The molecule has 0 aromatic heterocycles. The summed E-state index contributed by atoms with van der Waals surface area (Å²) in [7, 11) is 0. The zero-order valence-corrected chi connectivity index (χ0v) is 13.5. The van der Waals surface area contributed by atoms with Gasteiger partial charge in [-0.1, -0.05) is 38.3 Å². The van der Waals surface area contributed by atoms with Gasteiger partial charge in [-0.25, -0.2) is 0 Å². The van der Waals surface area contributed by atoms with Gasteiger partial charge < -0.3 is 10.6 Å². The first-order valence-electron chi connectivity index (χ1n) is 7.87. The fourth-order valence-corrected chi connectivity index (χ4v) is 3.59. The van der Waals surface area contributed by atoms with Crippen molar-refractivity contribution in [1.29, 1.82) is 0 Å². The molecule has 1 fully saturated rings. The number of benzene rings is 1. The third-order valence-corrected chi connectivity index (χ3v) is 5.36. The van der Waals surface area contributed by atoms with Crippen LogP contribution in [-0.4, -0.2) is 19.6 Å². The van der Waals surface area contributed by atoms with Crippen LogP contribution >= 0.6 is 11.6 Å². The van der Waals surface area contributed by atoms with Crippen LogP contribution in [0.1, 0.15) is 45.1 Å². The normalized spacial score (nSPS) is 18.3. The van der Waals surface area contributed by atoms with Crippen molar-refractivity contribution in [3.8, 4) is 0 Å². The quantitative estimate of drug-likeness (QED) is 0.880. The molecule has 2 rings (SSSR count). The van der Waals surface area contributed by atoms with E-state index in [0.717, 1.165) is 24.5 Å². The largest absolute Gasteiger partial charge is 0.371 e. The van der Waals surface area contributed by atoms with Crippen LogP contribution in [0.4, 0.5) is 5.69 Å². The van der Waals surface area contributed by atoms with E-state index < -0.39 is 0 Å². The number of hydrogen-bond donors (Lipinski definition) is 1. The van der Waals surface area contributed by atoms with Gasteiger partial charge in [0.1, 0.15) is 0 Å². The van der Waals surface area contributed by atoms with Gasteiger partial charge >= 0.3 is 0 Å². The molecule has 1 aliphatic heterocycles. The van der Waals surface area contributed by atoms with Gasteiger partial charge in [-0.15, -0.1) is 0 Å². The summed E-state index contributed by atoms with van der Waals surface area (Å²) in [6.07, 6.45) is 6.09. The summed E-state index contributed by atoms with van der Waals surface area (Å²) < 4.78 is 0. The SMILES string of the molecule is CCC1(CC)CCN(c2ccc(Cl)cc2CCN)CC1. The Kier molecular flexibility index (Phi) is 5.34. The lowest BCUT2D eigenvalue weighted by atomic mass is 9.74. The van der Waals surface area contributed by atoms with Gasteiger partial charge in [-0.05, 0) is 55.0 Å². The van der Waals surface area contributed by atoms with Gasteiger partial charge in [0.05, 0.1) is 0 Å². The fourth-order valence-electron chi connectivity index (χ4n) is 3.40. The molecule has 0 aliphatic carbocycles. The highest BCUT2D eigenvalue weighted by molar-refractivity contribution is 6.30. The van der Waals surface area contributed by atoms with E-state index in [9.17, 15) is 0 Å². The van der Waals surface area contributed by atoms with Crippen molar-refractivity contribution in [1.82, 2.24) is 0 Å². The maximum Gasteiger partial charge on any atom is 0.0410 e. The first-order valence-corrected chi connectivity index (χ1v) is 8.25. The van der Waals surface area contributed by atoms with Crippen LogP contribution < -0.4 is 10.6 Å². The summed E-state index contributed by atoms with van der Waals surface area (Å²) in [6.45, 7) is 7.65. The van der Waals surface area contributed by atoms with Gasteiger partial charge in [0.15, 0.2) is 0 Å². The van der Waals surface area contributed by atoms with Crippen molar-refractivity contribution in [2.24, 2.45) is 11.1 Å². The van der Waals surface area contributed by atoms with Gasteiger partial charge in [0.2, 0.25) is 0 Å². The first kappa shape index (κ1) is 15.7. The van der Waals surface area contributed by atoms with E-state index >= 15 is 0 Å². The molecule has 0 unspecified atom stereocenters. The summed E-state index contributed by atoms with van der Waals surface area (Å²) in [5.74, 6) is 0. The molecule has 0 radical (unpaired) electrons. The van der Waals surface area contributed by atoms with E-state index in [1.807, 2.05) is 6.07 Å². The average Bonchev–Trinajstić information content (AvgIpc) is 2.48. The Morgan fingerprint density at radius 3 is 2.40 bits per heavy atom. The summed E-state index contributed by atoms with van der Waals surface area (Å²) in [4.78, 5) is 2.52. The Balaban J connectivity index is 2.14. The molecule has 2 N–H and O–H groups in total. The molecule has 1 aromatic rings. The van der Waals surface area contributed by atoms with Crippen molar-refractivity contribution in [2.45, 2.75) is 46.0 Å². The predicted molar refractivity (Wildman–Crippen MR) is 88.7 cm³/mol. The van der Waals surface area contributed by atoms with E-state index in [-0.39, 0.29) is 0 Å². The second kappa shape index (κ2) is 6.82. The third-order valence-electron chi connectivity index (χ3n) is 5.12. The smallest absolute Gasteiger partial charge is 0.0410 e. The van der Waals surface area contributed by atoms with E-state index in [1.165, 1.54) is 36.9 Å². The van der Waals surface area contributed by atoms with E-state index in [4.69, 9.17) is 17.3 Å². The molecule has 0 spiro atoms. The van der Waals surface area contributed by atoms with Crippen LogP contribution in [0.5, 0.6) is 0 Å². The summed E-state index contributed by atoms with van der Waals surface area (Å²) in [5, 5.41) is 0.811. The van der Waals surface area contributed by atoms with Crippen molar-refractivity contribution in [2.75, 3.05) is 24.5 Å². The lowest BCUT2D eigenvalue weighted by molar-refractivity contribution is 0.199. The molecule has 112 valence electrons. The minimum Gasteiger partial charge on any atom is -0.371 e. The number of halogens is 1. The topological polar surface area (TPSA) is 29.3 Å². The van der Waals surface area contributed by atoms with Crippen LogP contribution in [-0.2, 0) is 6.42 Å². The predicted octanol–water partition coefficient (Wildman–Crippen LogP) is 4.25. The molecule has 0 bridgehead atoms. The van der Waals surface area contributed by atoms with Crippen molar-refractivity contribution in [3.05, 3.63) is 28.8 Å². The standard InChI is InChI=1S/C17H27ClN2/c1-3-17(4-2)8-11-20(12-9-17)16-6-5-15(18)13-14(16)7-10-19/h5-6,13H,3-4,7-12,19H2,1-2H3. The molecular weight excluding hydrogens is 268 g/mol. The molecule has 1 saturated heterocycles. The Morgan fingerprint density at radius 2 is 1.85 bits per heavy atom. The monoisotopic (exact) mass is 294 g/mol.